The molecule has 5 fully saturated rings. The Bertz CT molecular complexity index is 4460. The third kappa shape index (κ3) is 22.4. The predicted octanol–water partition coefficient (Wildman–Crippen LogP) is -5.58. The number of nitrogens with one attached hydrogen (secondary N) is 4. The molecule has 48 nitrogen and oxygen atoms in total. The molecule has 0 spiro atoms. The van der Waals surface area contributed by atoms with Crippen molar-refractivity contribution in [2.45, 2.75) is 126 Å². The lowest BCUT2D eigenvalue weighted by atomic mass is 10.1. The van der Waals surface area contributed by atoms with Crippen molar-refractivity contribution in [3.63, 3.8) is 0 Å². The lowest BCUT2D eigenvalue weighted by Crippen LogP contribution is -2.38. The summed E-state index contributed by atoms with van der Waals surface area (Å²) in [7, 11) is -26.6. The van der Waals surface area contributed by atoms with Crippen molar-refractivity contribution in [2.75, 3.05) is 26.4 Å². The normalized spacial score (nSPS) is 33.5. The summed E-state index contributed by atoms with van der Waals surface area (Å²) in [4.78, 5) is 152. The molecule has 99 heavy (non-hydrogen) atoms. The summed E-state index contributed by atoms with van der Waals surface area (Å²) in [6, 6.07) is 0. The maximum atomic E-state index is 12.2. The van der Waals surface area contributed by atoms with Crippen LogP contribution in [0.5, 0.6) is 0 Å². The first-order valence-corrected chi connectivity index (χ1v) is 41.3. The van der Waals surface area contributed by atoms with Gasteiger partial charge in [0.15, 0.2) is 24.9 Å². The molecule has 4 aromatic rings. The van der Waals surface area contributed by atoms with Gasteiger partial charge in [0.2, 0.25) is 4.97 Å². The molecule has 19 N–H and O–H groups in total. The lowest BCUT2D eigenvalue weighted by Gasteiger charge is -2.27. The van der Waals surface area contributed by atoms with E-state index >= 15 is 0 Å². The third-order valence-corrected chi connectivity index (χ3v) is 24.9. The van der Waals surface area contributed by atoms with Gasteiger partial charge in [-0.1, -0.05) is 0 Å². The molecule has 0 aromatic carbocycles. The van der Waals surface area contributed by atoms with Gasteiger partial charge in [0.05, 0.1) is 26.4 Å². The van der Waals surface area contributed by atoms with E-state index in [1.54, 1.807) is 0 Å². The van der Waals surface area contributed by atoms with Gasteiger partial charge in [-0.3, -0.25) is 61.9 Å². The Labute approximate surface area is 567 Å². The number of halogens is 2. The average molecular weight is 1640 g/mol. The fraction of sp³-hybridized carbons (Fsp3) is 0.600. The molecular weight excluding hydrogens is 1580 g/mol. The molecule has 59 heteroatoms. The van der Waals surface area contributed by atoms with Crippen LogP contribution in [0.25, 0.3) is 0 Å². The second-order valence-electron chi connectivity index (χ2n) is 20.8. The minimum Gasteiger partial charge on any atom is -0.394 e. The van der Waals surface area contributed by atoms with Crippen molar-refractivity contribution in [1.82, 2.24) is 38.2 Å². The van der Waals surface area contributed by atoms with Crippen LogP contribution in [0, 0.1) is 27.7 Å². The van der Waals surface area contributed by atoms with Crippen LogP contribution in [0.4, 0.5) is 0 Å². The second kappa shape index (κ2) is 33.0. The summed E-state index contributed by atoms with van der Waals surface area (Å²) in [5.41, 5.74) is -5.12. The molecular formula is C40H59Cl2N8O40P7S2. The smallest absolute Gasteiger partial charge is 0.394 e. The van der Waals surface area contributed by atoms with Crippen LogP contribution in [0.2, 0.25) is 0 Å². The third-order valence-electron chi connectivity index (χ3n) is 13.4. The van der Waals surface area contributed by atoms with E-state index in [-0.39, 0.29) is 28.9 Å². The number of aromatic nitrogens is 8. The number of aliphatic hydroxyl groups excluding tert-OH is 9. The van der Waals surface area contributed by atoms with E-state index in [4.69, 9.17) is 75.2 Å². The van der Waals surface area contributed by atoms with E-state index in [9.17, 15) is 112 Å². The van der Waals surface area contributed by atoms with Crippen LogP contribution in [-0.4, -0.2) is 213 Å². The Hall–Kier alpha value is -3.33. The summed E-state index contributed by atoms with van der Waals surface area (Å²) in [6.07, 6.45) is -17.8. The van der Waals surface area contributed by atoms with E-state index < -0.39 is 214 Å². The zero-order valence-electron chi connectivity index (χ0n) is 49.8. The molecule has 5 aliphatic heterocycles. The molecule has 20 atom stereocenters. The number of aliphatic hydroxyl groups is 9. The number of ether oxygens (including phenoxy) is 4. The highest BCUT2D eigenvalue weighted by Gasteiger charge is 2.56. The van der Waals surface area contributed by atoms with Crippen LogP contribution >= 0.6 is 73.3 Å². The van der Waals surface area contributed by atoms with Crippen LogP contribution in [0.1, 0.15) is 47.2 Å². The van der Waals surface area contributed by atoms with Gasteiger partial charge in [-0.2, -0.15) is 17.2 Å². The van der Waals surface area contributed by atoms with E-state index in [1.807, 2.05) is 9.97 Å². The summed E-state index contributed by atoms with van der Waals surface area (Å²) in [6.45, 7) is -1.40. The van der Waals surface area contributed by atoms with Crippen LogP contribution in [0.15, 0.2) is 63.1 Å². The summed E-state index contributed by atoms with van der Waals surface area (Å²) in [5, 5.41) is 88.7. The number of H-pyrrole nitrogens is 4. The van der Waals surface area contributed by atoms with Gasteiger partial charge < -0.3 is 103 Å². The molecule has 0 radical (unpaired) electrons. The largest absolute Gasteiger partial charge is 0.492 e. The number of hydrogen-bond donors (Lipinski definition) is 19. The van der Waals surface area contributed by atoms with Gasteiger partial charge in [-0.05, 0) is 73.8 Å². The topological polar surface area (TPSA) is 719 Å². The Kier molecular flexibility index (Phi) is 28.2. The highest BCUT2D eigenvalue weighted by molar-refractivity contribution is 8.36. The Morgan fingerprint density at radius 3 is 1.04 bits per heavy atom. The molecule has 0 saturated carbocycles. The van der Waals surface area contributed by atoms with Crippen LogP contribution in [-0.2, 0) is 101 Å². The maximum Gasteiger partial charge on any atom is 0.492 e. The summed E-state index contributed by atoms with van der Waals surface area (Å²) < 4.78 is 115. The Morgan fingerprint density at radius 1 is 0.475 bits per heavy atom. The molecule has 0 aliphatic carbocycles. The molecule has 5 saturated heterocycles. The van der Waals surface area contributed by atoms with E-state index in [1.165, 1.54) is 40.1 Å². The zero-order chi connectivity index (χ0) is 74.9. The van der Waals surface area contributed by atoms with Gasteiger partial charge in [-0.15, -0.1) is 0 Å². The molecule has 9 heterocycles. The van der Waals surface area contributed by atoms with Gasteiger partial charge >= 0.3 is 68.6 Å². The minimum absolute atomic E-state index is 0.0976. The highest BCUT2D eigenvalue weighted by atomic mass is 35.9. The molecule has 560 valence electrons. The maximum absolute atomic E-state index is 12.2. The first-order chi connectivity index (χ1) is 45.3. The van der Waals surface area contributed by atoms with E-state index in [0.29, 0.717) is 0 Å². The fourth-order valence-corrected chi connectivity index (χ4v) is 18.5. The number of hydrogen-bond acceptors (Lipinski definition) is 36. The van der Waals surface area contributed by atoms with Crippen molar-refractivity contribution < 1.29 is 152 Å². The molecule has 0 amide bonds. The van der Waals surface area contributed by atoms with Gasteiger partial charge in [-0.25, -0.2) is 46.3 Å². The van der Waals surface area contributed by atoms with Gasteiger partial charge in [0, 0.05) is 47.0 Å². The Morgan fingerprint density at radius 2 is 0.758 bits per heavy atom. The van der Waals surface area contributed by atoms with Gasteiger partial charge in [0.1, 0.15) is 73.2 Å². The molecule has 9 rings (SSSR count). The van der Waals surface area contributed by atoms with Gasteiger partial charge in [0.25, 0.3) is 22.2 Å². The predicted molar refractivity (Wildman–Crippen MR) is 330 cm³/mol. The highest BCUT2D eigenvalue weighted by Crippen LogP contribution is 2.80. The molecule has 8 unspecified atom stereocenters. The summed E-state index contributed by atoms with van der Waals surface area (Å²) >= 11 is 20.3. The van der Waals surface area contributed by atoms with Crippen molar-refractivity contribution >= 4 is 96.9 Å². The second-order valence-corrected chi connectivity index (χ2v) is 38.8. The monoisotopic (exact) mass is 1640 g/mol. The first-order valence-electron chi connectivity index (χ1n) is 26.7. The lowest BCUT2D eigenvalue weighted by molar-refractivity contribution is -0.0551. The number of aromatic amines is 4. The fourth-order valence-electron chi connectivity index (χ4n) is 8.77. The van der Waals surface area contributed by atoms with Crippen molar-refractivity contribution in [1.29, 1.82) is 0 Å². The van der Waals surface area contributed by atoms with Crippen LogP contribution < -0.4 is 45.0 Å². The molecule has 5 aliphatic rings. The van der Waals surface area contributed by atoms with Crippen molar-refractivity contribution in [3.05, 3.63) is 130 Å². The number of aryl methyl sites for hydroxylation is 4. The van der Waals surface area contributed by atoms with E-state index in [0.717, 1.165) is 30.7 Å². The van der Waals surface area contributed by atoms with E-state index in [2.05, 4.69) is 59.7 Å². The number of nitrogens with zero attached hydrogens (tertiary/aromatic N) is 4. The first kappa shape index (κ1) is 84.6. The molecule has 0 bridgehead atoms. The standard InChI is InChI=1S/C10H13Cl2N2O6PS.C10H17N2O14P3S.C10H15N2O14P3.C10H14N2O6/c1-4-2-14(10(18)13-8(4)17)9-7(16)6(15)5(20-9)3-19-21(11,12)22;1-4-2-12(10(16)11-8(4)15)9-7(14)6(13)5(24-9)3-23-29(22,30)26-28(20,21)25-27(17,18)19;1-4-2-12(10(16)11-8(4)15)9-7(14)6(13)5(23-9)3-22-29(21)25-27(17,18)24-28(19,20)26-29;1-4-2-12(10(17)11-8(4)16)9-7(15)6(14)5(3-13)18-9/h2,5-7,9,15-16H,3H2,1H3,(H,13,17,18);2,5-7,9,13-14H,3H2,1H3,(H,20,21)(H,22,30)(H,11,15,16)(H2,17,18,19);2,5-7,9,13-14H,3H2,1H3,(H,17,18)(H,19,20)(H,11,15,16);2,5-7,9,13-15H,3H2,1H3,(H,11,16,17)/t5-,6?,7+,9-;5-,6?,7+,9-,29?;2*5-,6?,7+,9-/m1111/s1. The van der Waals surface area contributed by atoms with Crippen molar-refractivity contribution in [2.24, 2.45) is 0 Å². The minimum atomic E-state index is -5.53. The Balaban J connectivity index is 0.000000212. The SMILES string of the molecule is Cc1cn([C@@H]2O[C@H](CO)C(O)[C@@H]2O)c(=O)[nH]c1=O.Cc1cn([C@@H]2O[C@H](COP(=S)(Cl)Cl)C(O)[C@@H]2O)c(=O)[nH]c1=O.Cc1cn([C@@H]2O[C@H](COP(O)(=S)OP(=O)(O)OP(=O)(O)O)C(O)[C@@H]2O)c(=O)[nH]c1=O.Cc1cn([C@@H]2O[C@H](COP3(=O)OP(=O)(O)OP(=O)(O)O3)C(O)[C@@H]2O)c(=O)[nH]c1=O. The molecule has 4 aromatic heterocycles. The quantitative estimate of drug-likeness (QED) is 0.0413. The summed E-state index contributed by atoms with van der Waals surface area (Å²) in [5.74, 6) is 0. The zero-order valence-corrected chi connectivity index (χ0v) is 59.2. The number of phosphoric acid groups is 5. The van der Waals surface area contributed by atoms with Crippen LogP contribution in [0.3, 0.4) is 0 Å². The number of rotatable bonds is 18. The van der Waals surface area contributed by atoms with Crippen molar-refractivity contribution in [3.8, 4) is 0 Å². The average Bonchev–Trinajstić information content (AvgIpc) is 1.33.